The summed E-state index contributed by atoms with van der Waals surface area (Å²) < 4.78 is 38.0. The van der Waals surface area contributed by atoms with E-state index in [4.69, 9.17) is 14.6 Å². The molecule has 1 unspecified atom stereocenters. The number of aromatic nitrogens is 2. The number of nitrogens with zero attached hydrogens (tertiary/aromatic N) is 4. The van der Waals surface area contributed by atoms with Crippen molar-refractivity contribution in [1.82, 2.24) is 14.9 Å². The zero-order chi connectivity index (χ0) is 21.6. The Hall–Kier alpha value is -2.24. The summed E-state index contributed by atoms with van der Waals surface area (Å²) in [7, 11) is 0. The second-order valence-electron chi connectivity index (χ2n) is 7.21. The Kier molecular flexibility index (Phi) is 7.27. The molecule has 2 saturated heterocycles. The van der Waals surface area contributed by atoms with Crippen LogP contribution in [-0.2, 0) is 16.1 Å². The van der Waals surface area contributed by atoms with Gasteiger partial charge >= 0.3 is 12.1 Å². The Labute approximate surface area is 176 Å². The number of aliphatic carboxylic acids is 1. The van der Waals surface area contributed by atoms with Gasteiger partial charge in [0.25, 0.3) is 0 Å². The smallest absolute Gasteiger partial charge is 0.475 e. The number of carboxylic acid groups (broad SMARTS) is 1. The quantitative estimate of drug-likeness (QED) is 0.780. The van der Waals surface area contributed by atoms with E-state index in [9.17, 15) is 13.2 Å². The molecule has 11 heteroatoms. The number of morpholine rings is 1. The summed E-state index contributed by atoms with van der Waals surface area (Å²) in [6.07, 6.45) is 2.53. The van der Waals surface area contributed by atoms with E-state index in [1.807, 2.05) is 17.5 Å². The average molecular weight is 444 g/mol. The summed E-state index contributed by atoms with van der Waals surface area (Å²) in [4.78, 5) is 23.9. The molecule has 1 N–H and O–H groups in total. The molecular weight excluding hydrogens is 421 g/mol. The minimum absolute atomic E-state index is 0.0642. The zero-order valence-electron chi connectivity index (χ0n) is 16.2. The van der Waals surface area contributed by atoms with Gasteiger partial charge in [0.15, 0.2) is 0 Å². The number of halogens is 3. The minimum Gasteiger partial charge on any atom is -0.475 e. The predicted octanol–water partition coefficient (Wildman–Crippen LogP) is 3.04. The molecule has 2 aromatic heterocycles. The Balaban J connectivity index is 0.000000318. The number of carbonyl (C=O) groups is 1. The molecule has 2 aromatic rings. The molecule has 0 radical (unpaired) electrons. The number of rotatable bonds is 3. The molecule has 2 aliphatic heterocycles. The van der Waals surface area contributed by atoms with Gasteiger partial charge in [-0.3, -0.25) is 9.88 Å². The second-order valence-corrected chi connectivity index (χ2v) is 8.25. The fourth-order valence-electron chi connectivity index (χ4n) is 3.68. The van der Waals surface area contributed by atoms with Gasteiger partial charge in [0.1, 0.15) is 5.82 Å². The van der Waals surface area contributed by atoms with Crippen molar-refractivity contribution < 1.29 is 27.8 Å². The molecule has 0 saturated carbocycles. The number of hydrogen-bond acceptors (Lipinski definition) is 7. The highest BCUT2D eigenvalue weighted by molar-refractivity contribution is 7.09. The third-order valence-corrected chi connectivity index (χ3v) is 5.80. The number of thiophene rings is 1. The number of hydrogen-bond donors (Lipinski definition) is 1. The number of alkyl halides is 3. The highest BCUT2D eigenvalue weighted by atomic mass is 32.1. The van der Waals surface area contributed by atoms with Gasteiger partial charge in [-0.2, -0.15) is 13.2 Å². The first kappa shape index (κ1) is 22.4. The van der Waals surface area contributed by atoms with Crippen molar-refractivity contribution >= 4 is 23.1 Å². The van der Waals surface area contributed by atoms with E-state index in [0.717, 1.165) is 58.0 Å². The lowest BCUT2D eigenvalue weighted by atomic mass is 9.90. The fourth-order valence-corrected chi connectivity index (χ4v) is 4.42. The first-order valence-electron chi connectivity index (χ1n) is 9.47. The summed E-state index contributed by atoms with van der Waals surface area (Å²) in [5.74, 6) is -1.79. The van der Waals surface area contributed by atoms with Crippen molar-refractivity contribution in [3.05, 3.63) is 41.0 Å². The monoisotopic (exact) mass is 444 g/mol. The van der Waals surface area contributed by atoms with Crippen molar-refractivity contribution in [1.29, 1.82) is 0 Å². The van der Waals surface area contributed by atoms with Crippen molar-refractivity contribution in [2.24, 2.45) is 0 Å². The number of ether oxygens (including phenoxy) is 1. The lowest BCUT2D eigenvalue weighted by Crippen LogP contribution is -2.59. The molecule has 0 bridgehead atoms. The molecule has 1 spiro atoms. The number of carboxylic acids is 1. The van der Waals surface area contributed by atoms with E-state index < -0.39 is 12.1 Å². The summed E-state index contributed by atoms with van der Waals surface area (Å²) in [6.45, 7) is 5.82. The van der Waals surface area contributed by atoms with E-state index >= 15 is 0 Å². The van der Waals surface area contributed by atoms with E-state index in [0.29, 0.717) is 0 Å². The molecule has 0 aromatic carbocycles. The summed E-state index contributed by atoms with van der Waals surface area (Å²) in [5, 5.41) is 9.28. The fraction of sp³-hybridized carbons (Fsp3) is 0.526. The Morgan fingerprint density at radius 1 is 1.30 bits per heavy atom. The van der Waals surface area contributed by atoms with Crippen LogP contribution >= 0.6 is 11.3 Å². The topological polar surface area (TPSA) is 78.8 Å². The van der Waals surface area contributed by atoms with Crippen molar-refractivity contribution in [2.75, 3.05) is 37.7 Å². The van der Waals surface area contributed by atoms with Crippen molar-refractivity contribution in [2.45, 2.75) is 31.2 Å². The highest BCUT2D eigenvalue weighted by Gasteiger charge is 2.41. The van der Waals surface area contributed by atoms with Crippen LogP contribution in [0.5, 0.6) is 0 Å². The van der Waals surface area contributed by atoms with Crippen LogP contribution in [0.25, 0.3) is 0 Å². The Morgan fingerprint density at radius 3 is 2.73 bits per heavy atom. The summed E-state index contributed by atoms with van der Waals surface area (Å²) in [6, 6.07) is 4.35. The SMILES string of the molecule is O=C(O)C(F)(F)F.c1csc(CN2CCOC3(CCCN(c4cnccn4)C3)C2)c1. The van der Waals surface area contributed by atoms with E-state index in [-0.39, 0.29) is 5.60 Å². The zero-order valence-corrected chi connectivity index (χ0v) is 17.0. The lowest BCUT2D eigenvalue weighted by molar-refractivity contribution is -0.192. The second kappa shape index (κ2) is 9.71. The number of piperidine rings is 1. The average Bonchev–Trinajstić information content (AvgIpc) is 3.21. The number of anilines is 1. The maximum atomic E-state index is 10.6. The molecule has 1 atom stereocenters. The molecule has 0 aliphatic carbocycles. The van der Waals surface area contributed by atoms with Gasteiger partial charge in [0.05, 0.1) is 18.4 Å². The molecule has 4 rings (SSSR count). The molecule has 4 heterocycles. The van der Waals surface area contributed by atoms with Crippen LogP contribution in [0.2, 0.25) is 0 Å². The van der Waals surface area contributed by atoms with Crippen LogP contribution in [-0.4, -0.2) is 70.5 Å². The van der Waals surface area contributed by atoms with Gasteiger partial charge in [-0.15, -0.1) is 11.3 Å². The molecule has 30 heavy (non-hydrogen) atoms. The van der Waals surface area contributed by atoms with Crippen LogP contribution in [0.3, 0.4) is 0 Å². The summed E-state index contributed by atoms with van der Waals surface area (Å²) in [5.41, 5.74) is -0.0642. The van der Waals surface area contributed by atoms with Crippen LogP contribution in [0.4, 0.5) is 19.0 Å². The minimum atomic E-state index is -5.08. The largest absolute Gasteiger partial charge is 0.490 e. The van der Waals surface area contributed by atoms with E-state index in [2.05, 4.69) is 37.3 Å². The lowest BCUT2D eigenvalue weighted by Gasteiger charge is -2.48. The third-order valence-electron chi connectivity index (χ3n) is 4.94. The molecule has 2 fully saturated rings. The van der Waals surface area contributed by atoms with Gasteiger partial charge < -0.3 is 14.7 Å². The molecule has 7 nitrogen and oxygen atoms in total. The van der Waals surface area contributed by atoms with Crippen LogP contribution < -0.4 is 4.90 Å². The Morgan fingerprint density at radius 2 is 2.10 bits per heavy atom. The molecule has 164 valence electrons. The highest BCUT2D eigenvalue weighted by Crippen LogP contribution is 2.31. The Bertz CT molecular complexity index is 803. The predicted molar refractivity (Wildman–Crippen MR) is 105 cm³/mol. The van der Waals surface area contributed by atoms with E-state index in [1.165, 1.54) is 4.88 Å². The molecule has 2 aliphatic rings. The first-order chi connectivity index (χ1) is 14.3. The van der Waals surface area contributed by atoms with E-state index in [1.54, 1.807) is 12.4 Å². The third kappa shape index (κ3) is 6.13. The van der Waals surface area contributed by atoms with Gasteiger partial charge in [-0.1, -0.05) is 6.07 Å². The van der Waals surface area contributed by atoms with Gasteiger partial charge in [0, 0.05) is 50.0 Å². The standard InChI is InChI=1S/C17H22N4OS.C2HF3O2/c1-3-15(23-10-1)12-20-8-9-22-17(13-20)4-2-7-21(14-17)16-11-18-5-6-19-16;3-2(4,5)1(6)7/h1,3,5-6,10-11H,2,4,7-9,12-14H2;(H,6,7). The van der Waals surface area contributed by atoms with Crippen molar-refractivity contribution in [3.63, 3.8) is 0 Å². The van der Waals surface area contributed by atoms with Crippen LogP contribution in [0.15, 0.2) is 36.1 Å². The van der Waals surface area contributed by atoms with Gasteiger partial charge in [-0.25, -0.2) is 9.78 Å². The van der Waals surface area contributed by atoms with Gasteiger partial charge in [-0.05, 0) is 24.3 Å². The van der Waals surface area contributed by atoms with Crippen molar-refractivity contribution in [3.8, 4) is 0 Å². The maximum absolute atomic E-state index is 10.6. The first-order valence-corrected chi connectivity index (χ1v) is 10.4. The summed E-state index contributed by atoms with van der Waals surface area (Å²) >= 11 is 1.84. The van der Waals surface area contributed by atoms with Gasteiger partial charge in [0.2, 0.25) is 0 Å². The molecule has 0 amide bonds. The van der Waals surface area contributed by atoms with Crippen LogP contribution in [0, 0.1) is 0 Å². The maximum Gasteiger partial charge on any atom is 0.490 e. The molecular formula is C19H23F3N4O3S. The normalized spacial score (nSPS) is 22.4. The van der Waals surface area contributed by atoms with Crippen LogP contribution in [0.1, 0.15) is 17.7 Å².